The van der Waals surface area contributed by atoms with Crippen molar-refractivity contribution in [1.29, 1.82) is 0 Å². The zero-order chi connectivity index (χ0) is 14.3. The molecule has 2 aromatic carbocycles. The van der Waals surface area contributed by atoms with E-state index in [1.807, 2.05) is 18.2 Å². The van der Waals surface area contributed by atoms with E-state index in [1.165, 1.54) is 11.1 Å². The smallest absolute Gasteiger partial charge is 0.227 e. The van der Waals surface area contributed by atoms with Gasteiger partial charge in [-0.2, -0.15) is 0 Å². The van der Waals surface area contributed by atoms with Crippen LogP contribution >= 0.6 is 0 Å². The van der Waals surface area contributed by atoms with Gasteiger partial charge in [-0.1, -0.05) is 44.5 Å². The number of hydrogen-bond donors (Lipinski definition) is 0. The molecule has 0 saturated heterocycles. The lowest BCUT2D eigenvalue weighted by molar-refractivity contribution is 0.590. The molecule has 20 heavy (non-hydrogen) atoms. The lowest BCUT2D eigenvalue weighted by atomic mass is 9.87. The van der Waals surface area contributed by atoms with Gasteiger partial charge in [-0.25, -0.2) is 4.98 Å². The number of oxazole rings is 1. The third kappa shape index (κ3) is 2.34. The molecule has 3 rings (SSSR count). The normalized spacial score (nSPS) is 12.0. The Morgan fingerprint density at radius 2 is 1.65 bits per heavy atom. The average Bonchev–Trinajstić information content (AvgIpc) is 2.81. The zero-order valence-electron chi connectivity index (χ0n) is 12.4. The Labute approximate surface area is 119 Å². The van der Waals surface area contributed by atoms with Crippen LogP contribution in [0.25, 0.3) is 22.6 Å². The molecule has 3 aromatic rings. The van der Waals surface area contributed by atoms with Gasteiger partial charge in [0.1, 0.15) is 5.52 Å². The minimum Gasteiger partial charge on any atom is -0.436 e. The lowest BCUT2D eigenvalue weighted by Gasteiger charge is -2.18. The summed E-state index contributed by atoms with van der Waals surface area (Å²) in [7, 11) is 0. The fourth-order valence-corrected chi connectivity index (χ4v) is 2.21. The molecular weight excluding hydrogens is 246 g/mol. The summed E-state index contributed by atoms with van der Waals surface area (Å²) in [5.41, 5.74) is 5.41. The Morgan fingerprint density at radius 3 is 2.30 bits per heavy atom. The largest absolute Gasteiger partial charge is 0.436 e. The summed E-state index contributed by atoms with van der Waals surface area (Å²) in [6, 6.07) is 14.5. The van der Waals surface area contributed by atoms with Gasteiger partial charge >= 0.3 is 0 Å². The van der Waals surface area contributed by atoms with Crippen LogP contribution in [0.1, 0.15) is 31.9 Å². The summed E-state index contributed by atoms with van der Waals surface area (Å²) in [6.07, 6.45) is 0. The maximum absolute atomic E-state index is 5.85. The fourth-order valence-electron chi connectivity index (χ4n) is 2.21. The van der Waals surface area contributed by atoms with E-state index in [2.05, 4.69) is 56.9 Å². The fraction of sp³-hybridized carbons (Fsp3) is 0.278. The van der Waals surface area contributed by atoms with E-state index in [9.17, 15) is 0 Å². The molecule has 0 unspecified atom stereocenters. The molecular formula is C18H19NO. The average molecular weight is 265 g/mol. The van der Waals surface area contributed by atoms with Crippen LogP contribution < -0.4 is 0 Å². The Balaban J connectivity index is 2.09. The molecule has 0 aliphatic carbocycles. The van der Waals surface area contributed by atoms with Gasteiger partial charge in [-0.3, -0.25) is 0 Å². The number of fused-ring (bicyclic) bond motifs is 1. The lowest BCUT2D eigenvalue weighted by Crippen LogP contribution is -2.10. The molecule has 2 nitrogen and oxygen atoms in total. The maximum atomic E-state index is 5.85. The number of benzene rings is 2. The summed E-state index contributed by atoms with van der Waals surface area (Å²) >= 11 is 0. The highest BCUT2D eigenvalue weighted by atomic mass is 16.3. The highest BCUT2D eigenvalue weighted by Crippen LogP contribution is 2.29. The molecule has 0 saturated carbocycles. The van der Waals surface area contributed by atoms with Gasteiger partial charge in [0.05, 0.1) is 0 Å². The minimum atomic E-state index is 0.122. The van der Waals surface area contributed by atoms with Gasteiger partial charge in [-0.15, -0.1) is 0 Å². The predicted molar refractivity (Wildman–Crippen MR) is 82.9 cm³/mol. The van der Waals surface area contributed by atoms with Gasteiger partial charge in [-0.05, 0) is 42.2 Å². The second-order valence-electron chi connectivity index (χ2n) is 6.32. The van der Waals surface area contributed by atoms with E-state index >= 15 is 0 Å². The first kappa shape index (κ1) is 12.9. The van der Waals surface area contributed by atoms with E-state index in [1.54, 1.807) is 0 Å². The molecule has 1 aromatic heterocycles. The van der Waals surface area contributed by atoms with Crippen LogP contribution in [0.4, 0.5) is 0 Å². The van der Waals surface area contributed by atoms with Crippen LogP contribution in [-0.4, -0.2) is 4.98 Å². The van der Waals surface area contributed by atoms with Crippen molar-refractivity contribution >= 4 is 11.1 Å². The van der Waals surface area contributed by atoms with Crippen LogP contribution in [0.15, 0.2) is 46.9 Å². The highest BCUT2D eigenvalue weighted by Gasteiger charge is 2.16. The van der Waals surface area contributed by atoms with Crippen molar-refractivity contribution in [2.75, 3.05) is 0 Å². The van der Waals surface area contributed by atoms with Gasteiger partial charge in [0.2, 0.25) is 5.89 Å². The number of nitrogens with zero attached hydrogens (tertiary/aromatic N) is 1. The summed E-state index contributed by atoms with van der Waals surface area (Å²) < 4.78 is 5.85. The number of aryl methyl sites for hydroxylation is 1. The minimum absolute atomic E-state index is 0.122. The standard InChI is InChI=1S/C18H19NO/c1-12-5-7-13(8-6-12)17-19-15-11-14(18(2,3)4)9-10-16(15)20-17/h5-11H,1-4H3. The first-order valence-electron chi connectivity index (χ1n) is 6.91. The molecule has 0 fully saturated rings. The zero-order valence-corrected chi connectivity index (χ0v) is 12.4. The van der Waals surface area contributed by atoms with Crippen molar-refractivity contribution in [2.45, 2.75) is 33.1 Å². The number of rotatable bonds is 1. The van der Waals surface area contributed by atoms with Crippen LogP contribution in [-0.2, 0) is 5.41 Å². The molecule has 102 valence electrons. The number of hydrogen-bond acceptors (Lipinski definition) is 2. The van der Waals surface area contributed by atoms with Crippen LogP contribution in [0, 0.1) is 6.92 Å². The summed E-state index contributed by atoms with van der Waals surface area (Å²) in [6.45, 7) is 8.69. The summed E-state index contributed by atoms with van der Waals surface area (Å²) in [5, 5.41) is 0. The van der Waals surface area contributed by atoms with Gasteiger partial charge in [0.25, 0.3) is 0 Å². The summed E-state index contributed by atoms with van der Waals surface area (Å²) in [5.74, 6) is 0.686. The molecule has 1 heterocycles. The molecule has 0 atom stereocenters. The molecule has 0 amide bonds. The third-order valence-electron chi connectivity index (χ3n) is 3.55. The first-order valence-corrected chi connectivity index (χ1v) is 6.91. The van der Waals surface area contributed by atoms with Gasteiger partial charge in [0, 0.05) is 5.56 Å². The Kier molecular flexibility index (Phi) is 2.89. The molecule has 0 N–H and O–H groups in total. The topological polar surface area (TPSA) is 26.0 Å². The van der Waals surface area contributed by atoms with Crippen molar-refractivity contribution in [3.8, 4) is 11.5 Å². The van der Waals surface area contributed by atoms with E-state index in [0.29, 0.717) is 5.89 Å². The molecule has 0 aliphatic heterocycles. The highest BCUT2D eigenvalue weighted by molar-refractivity contribution is 5.77. The van der Waals surface area contributed by atoms with Crippen LogP contribution in [0.3, 0.4) is 0 Å². The Bertz CT molecular complexity index is 745. The maximum Gasteiger partial charge on any atom is 0.227 e. The van der Waals surface area contributed by atoms with Gasteiger partial charge < -0.3 is 4.42 Å². The Morgan fingerprint density at radius 1 is 0.950 bits per heavy atom. The SMILES string of the molecule is Cc1ccc(-c2nc3cc(C(C)(C)C)ccc3o2)cc1. The number of aromatic nitrogens is 1. The van der Waals surface area contributed by atoms with E-state index in [0.717, 1.165) is 16.7 Å². The monoisotopic (exact) mass is 265 g/mol. The first-order chi connectivity index (χ1) is 9.43. The molecule has 0 radical (unpaired) electrons. The second kappa shape index (κ2) is 4.48. The second-order valence-corrected chi connectivity index (χ2v) is 6.32. The van der Waals surface area contributed by atoms with Crippen molar-refractivity contribution in [3.05, 3.63) is 53.6 Å². The molecule has 0 spiro atoms. The Hall–Kier alpha value is -2.09. The molecule has 2 heteroatoms. The van der Waals surface area contributed by atoms with E-state index in [-0.39, 0.29) is 5.41 Å². The van der Waals surface area contributed by atoms with Gasteiger partial charge in [0.15, 0.2) is 5.58 Å². The van der Waals surface area contributed by atoms with E-state index < -0.39 is 0 Å². The quantitative estimate of drug-likeness (QED) is 0.611. The van der Waals surface area contributed by atoms with E-state index in [4.69, 9.17) is 4.42 Å². The third-order valence-corrected chi connectivity index (χ3v) is 3.55. The predicted octanol–water partition coefficient (Wildman–Crippen LogP) is 5.10. The van der Waals surface area contributed by atoms with Crippen LogP contribution in [0.5, 0.6) is 0 Å². The summed E-state index contributed by atoms with van der Waals surface area (Å²) in [4.78, 5) is 4.62. The molecule has 0 aliphatic rings. The van der Waals surface area contributed by atoms with Crippen molar-refractivity contribution in [2.24, 2.45) is 0 Å². The van der Waals surface area contributed by atoms with Crippen molar-refractivity contribution in [3.63, 3.8) is 0 Å². The van der Waals surface area contributed by atoms with Crippen LogP contribution in [0.2, 0.25) is 0 Å². The van der Waals surface area contributed by atoms with Crippen molar-refractivity contribution in [1.82, 2.24) is 4.98 Å². The molecule has 0 bridgehead atoms. The van der Waals surface area contributed by atoms with Crippen molar-refractivity contribution < 1.29 is 4.42 Å².